The minimum atomic E-state index is -0.874. The number of imide groups is 1. The van der Waals surface area contributed by atoms with E-state index in [1.165, 1.54) is 21.3 Å². The Morgan fingerprint density at radius 2 is 0.757 bits per heavy atom. The number of anilines is 6. The van der Waals surface area contributed by atoms with Crippen molar-refractivity contribution in [1.82, 2.24) is 59.8 Å². The van der Waals surface area contributed by atoms with Crippen molar-refractivity contribution in [2.45, 2.75) is 79.1 Å². The number of nitrogens with zero attached hydrogens (tertiary/aromatic N) is 13. The van der Waals surface area contributed by atoms with E-state index in [1.54, 1.807) is 72.5 Å². The standard InChI is InChI=1S/C16H13N3Se.C16H13N3.C15H16BrN3O2Se.C14H19BrIN3O4.C10H8BrN3Se.C4H4BrN3/c17-15-16(20-13-9-5-2-6-10-13)19-14(11-18-15)12-7-3-1-4-8-12;17-16-15(13-9-5-2-6-10-13)19-14(11-18-16)12-7-3-1-4-8-12;1-15(2,3)21-14(20)19-12-13(18-11(16)9-17-12)22-10-7-5-4-6-8-10;1-13(2,3)22-11(20)19(12(21)23-14(4,5)6)10-9(16)18-8(15)7-17-10;11-8-6-13-9(12)10(14-8)15-7-4-2-1-3-5-7;5-3-1-8-4(6)2-7-3/h1-11H,(H2,17,18);1-11H,(H2,17,18);4-9H,1-3H3,(H,17,19,20);7H,1-6H3;1-6H,(H2,12,13);1-2H,(H2,6,8). The van der Waals surface area contributed by atoms with Gasteiger partial charge in [0.2, 0.25) is 0 Å². The number of carbonyl (C=O) groups excluding carboxylic acids is 3. The molecule has 0 radical (unpaired) electrons. The van der Waals surface area contributed by atoms with Gasteiger partial charge in [-0.2, -0.15) is 4.90 Å². The Hall–Kier alpha value is -8.78. The fourth-order valence-electron chi connectivity index (χ4n) is 7.98. The van der Waals surface area contributed by atoms with Gasteiger partial charge in [0.1, 0.15) is 41.4 Å². The Kier molecular flexibility index (Phi) is 33.6. The Bertz CT molecular complexity index is 4780. The summed E-state index contributed by atoms with van der Waals surface area (Å²) in [5.41, 5.74) is 26.3. The van der Waals surface area contributed by atoms with Crippen LogP contribution in [0.5, 0.6) is 0 Å². The number of halogens is 5. The normalized spacial score (nSPS) is 10.7. The van der Waals surface area contributed by atoms with Gasteiger partial charge >= 0.3 is 383 Å². The van der Waals surface area contributed by atoms with E-state index >= 15 is 0 Å². The van der Waals surface area contributed by atoms with Crippen LogP contribution < -0.4 is 60.3 Å². The van der Waals surface area contributed by atoms with Crippen LogP contribution in [0.25, 0.3) is 33.8 Å². The zero-order chi connectivity index (χ0) is 77.7. The van der Waals surface area contributed by atoms with E-state index in [-0.39, 0.29) is 50.7 Å². The maximum atomic E-state index is 12.4. The zero-order valence-electron chi connectivity index (χ0n) is 59.0. The van der Waals surface area contributed by atoms with Crippen molar-refractivity contribution in [2.24, 2.45) is 0 Å². The second-order valence-corrected chi connectivity index (χ2v) is 35.5. The van der Waals surface area contributed by atoms with Crippen LogP contribution in [0.1, 0.15) is 62.3 Å². The van der Waals surface area contributed by atoms with Crippen molar-refractivity contribution in [3.8, 4) is 33.8 Å². The molecular formula is C75H73Br4IN18O6Se3. The number of ether oxygens (including phenoxy) is 3. The van der Waals surface area contributed by atoms with Gasteiger partial charge in [-0.15, -0.1) is 0 Å². The number of benzene rings is 6. The topological polar surface area (TPSA) is 353 Å². The van der Waals surface area contributed by atoms with Crippen LogP contribution in [0.2, 0.25) is 0 Å². The predicted molar refractivity (Wildman–Crippen MR) is 449 cm³/mol. The van der Waals surface area contributed by atoms with Crippen molar-refractivity contribution >= 4 is 212 Å². The summed E-state index contributed by atoms with van der Waals surface area (Å²) in [4.78, 5) is 88.2. The van der Waals surface area contributed by atoms with Crippen LogP contribution in [0.3, 0.4) is 0 Å². The van der Waals surface area contributed by atoms with E-state index < -0.39 is 35.1 Å². The Labute approximate surface area is 686 Å². The average molecular weight is 2010 g/mol. The molecule has 0 aliphatic rings. The van der Waals surface area contributed by atoms with Gasteiger partial charge in [0.15, 0.2) is 5.82 Å². The van der Waals surface area contributed by atoms with Crippen LogP contribution in [-0.2, 0) is 14.2 Å². The van der Waals surface area contributed by atoms with E-state index in [1.807, 2.05) is 201 Å². The Morgan fingerprint density at radius 1 is 0.393 bits per heavy atom. The third-order valence-electron chi connectivity index (χ3n) is 12.4. The van der Waals surface area contributed by atoms with Crippen molar-refractivity contribution in [3.05, 3.63) is 247 Å². The van der Waals surface area contributed by atoms with Crippen molar-refractivity contribution in [3.63, 3.8) is 0 Å². The summed E-state index contributed by atoms with van der Waals surface area (Å²) in [6.45, 7) is 15.7. The monoisotopic (exact) mass is 2000 g/mol. The second kappa shape index (κ2) is 42.1. The van der Waals surface area contributed by atoms with E-state index in [2.05, 4.69) is 153 Å². The summed E-state index contributed by atoms with van der Waals surface area (Å²) in [5.74, 6) is 2.41. The molecule has 0 aliphatic carbocycles. The molecule has 12 rings (SSSR count). The van der Waals surface area contributed by atoms with Crippen LogP contribution in [0, 0.1) is 3.70 Å². The van der Waals surface area contributed by atoms with Crippen LogP contribution in [0.4, 0.5) is 49.3 Å². The van der Waals surface area contributed by atoms with Crippen LogP contribution >= 0.6 is 86.3 Å². The molecule has 12 aromatic rings. The molecule has 0 saturated carbocycles. The molecule has 107 heavy (non-hydrogen) atoms. The second-order valence-electron chi connectivity index (χ2n) is 24.5. The van der Waals surface area contributed by atoms with Gasteiger partial charge in [-0.25, -0.2) is 39.5 Å². The molecule has 24 nitrogen and oxygen atoms in total. The number of carbonyl (C=O) groups is 3. The fourth-order valence-corrected chi connectivity index (χ4v) is 15.8. The van der Waals surface area contributed by atoms with Gasteiger partial charge < -0.3 is 20.9 Å². The molecule has 552 valence electrons. The first-order valence-electron chi connectivity index (χ1n) is 31.9. The molecule has 0 saturated heterocycles. The summed E-state index contributed by atoms with van der Waals surface area (Å²) < 4.78 is 24.8. The first-order chi connectivity index (χ1) is 50.8. The minimum absolute atomic E-state index is 0.0531. The van der Waals surface area contributed by atoms with Crippen LogP contribution in [0.15, 0.2) is 244 Å². The first-order valence-corrected chi connectivity index (χ1v) is 41.3. The summed E-state index contributed by atoms with van der Waals surface area (Å²) in [7, 11) is 0. The number of aromatic nitrogens is 12. The molecule has 3 amide bonds. The molecule has 9 N–H and O–H groups in total. The number of amides is 3. The first kappa shape index (κ1) is 85.5. The number of hydrogen-bond acceptors (Lipinski definition) is 22. The van der Waals surface area contributed by atoms with Gasteiger partial charge in [0.25, 0.3) is 0 Å². The van der Waals surface area contributed by atoms with E-state index in [0.717, 1.165) is 61.5 Å². The number of rotatable bonds is 11. The molecule has 0 atom stereocenters. The molecule has 6 heterocycles. The summed E-state index contributed by atoms with van der Waals surface area (Å²) in [5, 5.41) is 2.67. The molecule has 6 aromatic heterocycles. The number of nitrogen functional groups attached to an aromatic ring is 4. The van der Waals surface area contributed by atoms with Crippen molar-refractivity contribution < 1.29 is 28.6 Å². The third kappa shape index (κ3) is 30.8. The predicted octanol–water partition coefficient (Wildman–Crippen LogP) is 12.8. The van der Waals surface area contributed by atoms with Gasteiger partial charge in [-0.3, -0.25) is 0 Å². The molecule has 0 spiro atoms. The number of nitrogens with one attached hydrogen (secondary N) is 1. The third-order valence-corrected chi connectivity index (χ3v) is 20.9. The molecule has 0 aliphatic heterocycles. The Balaban J connectivity index is 0.000000182. The van der Waals surface area contributed by atoms with Crippen molar-refractivity contribution in [1.29, 1.82) is 0 Å². The number of nitrogens with two attached hydrogens (primary N) is 4. The van der Waals surface area contributed by atoms with Crippen LogP contribution in [-0.4, -0.2) is 140 Å². The quantitative estimate of drug-likeness (QED) is 0.0456. The van der Waals surface area contributed by atoms with Gasteiger partial charge in [-0.05, 0) is 96.0 Å². The van der Waals surface area contributed by atoms with E-state index in [4.69, 9.17) is 37.1 Å². The Morgan fingerprint density at radius 3 is 1.19 bits per heavy atom. The maximum absolute atomic E-state index is 12.4. The molecule has 0 bridgehead atoms. The molecule has 0 unspecified atom stereocenters. The van der Waals surface area contributed by atoms with Gasteiger partial charge in [0.05, 0.1) is 30.5 Å². The van der Waals surface area contributed by atoms with Crippen molar-refractivity contribution in [2.75, 3.05) is 33.2 Å². The average Bonchev–Trinajstić information content (AvgIpc) is 0.816. The summed E-state index contributed by atoms with van der Waals surface area (Å²) in [6.07, 6.45) is 8.75. The number of hydrogen-bond donors (Lipinski definition) is 5. The van der Waals surface area contributed by atoms with E-state index in [9.17, 15) is 14.4 Å². The molecule has 6 aromatic carbocycles. The zero-order valence-corrected chi connectivity index (χ0v) is 72.7. The molecule has 32 heteroatoms. The van der Waals surface area contributed by atoms with E-state index in [0.29, 0.717) is 46.6 Å². The van der Waals surface area contributed by atoms with Gasteiger partial charge in [-0.1, -0.05) is 60.7 Å². The molecular weight excluding hydrogens is 1930 g/mol. The fraction of sp³-hybridized carbons (Fsp3) is 0.160. The molecule has 0 fully saturated rings. The summed E-state index contributed by atoms with van der Waals surface area (Å²) in [6, 6.07) is 60.2. The SMILES string of the molecule is CC(C)(C)OC(=O)N(C(=O)OC(C)(C)C)c1ncc(Br)nc1I.CC(C)(C)OC(=O)Nc1ncc(Br)nc1[Se]c1ccccc1.Nc1cnc(Br)cn1.Nc1ncc(-c2ccccc2)nc1-c1ccccc1.Nc1ncc(-c2ccccc2)nc1[Se]c1ccccc1.Nc1ncc(Br)nc1[Se]c1ccccc1. The van der Waals surface area contributed by atoms with Gasteiger partial charge in [0, 0.05) is 11.1 Å². The summed E-state index contributed by atoms with van der Waals surface area (Å²) >= 11 is 14.9.